The van der Waals surface area contributed by atoms with E-state index in [4.69, 9.17) is 9.97 Å². The van der Waals surface area contributed by atoms with Crippen molar-refractivity contribution in [1.82, 2.24) is 15.0 Å². The number of allylic oxidation sites excluding steroid dienone is 1. The Labute approximate surface area is 210 Å². The van der Waals surface area contributed by atoms with E-state index in [0.29, 0.717) is 0 Å². The average molecular weight is 473 g/mol. The van der Waals surface area contributed by atoms with Crippen molar-refractivity contribution in [2.24, 2.45) is 0 Å². The predicted molar refractivity (Wildman–Crippen MR) is 149 cm³/mol. The number of benzene rings is 1. The van der Waals surface area contributed by atoms with Crippen LogP contribution >= 0.6 is 0 Å². The van der Waals surface area contributed by atoms with Crippen molar-refractivity contribution in [2.45, 2.75) is 59.8 Å². The van der Waals surface area contributed by atoms with Gasteiger partial charge in [-0.05, 0) is 76.1 Å². The van der Waals surface area contributed by atoms with E-state index < -0.39 is 0 Å². The molecule has 3 heterocycles. The Hall–Kier alpha value is -3.28. The first-order chi connectivity index (χ1) is 17.1. The lowest BCUT2D eigenvalue weighted by atomic mass is 10.1. The molecule has 3 aromatic rings. The van der Waals surface area contributed by atoms with Crippen LogP contribution in [-0.2, 0) is 6.42 Å². The summed E-state index contributed by atoms with van der Waals surface area (Å²) in [6.07, 6.45) is 12.3. The third kappa shape index (κ3) is 6.44. The Kier molecular flexibility index (Phi) is 8.45. The molecule has 0 saturated carbocycles. The lowest BCUT2D eigenvalue weighted by molar-refractivity contribution is 0.572. The highest BCUT2D eigenvalue weighted by Gasteiger charge is 2.18. The molecule has 0 atom stereocenters. The van der Waals surface area contributed by atoms with Gasteiger partial charge in [-0.15, -0.1) is 0 Å². The van der Waals surface area contributed by atoms with Gasteiger partial charge in [0.25, 0.3) is 0 Å². The van der Waals surface area contributed by atoms with Gasteiger partial charge >= 0.3 is 0 Å². The maximum atomic E-state index is 5.05. The van der Waals surface area contributed by atoms with Crippen molar-refractivity contribution in [3.05, 3.63) is 65.0 Å². The Morgan fingerprint density at radius 2 is 1.83 bits per heavy atom. The first-order valence-electron chi connectivity index (χ1n) is 13.1. The van der Waals surface area contributed by atoms with E-state index in [1.165, 1.54) is 41.6 Å². The Balaban J connectivity index is 1.59. The maximum absolute atomic E-state index is 5.05. The zero-order valence-corrected chi connectivity index (χ0v) is 21.8. The van der Waals surface area contributed by atoms with Crippen molar-refractivity contribution in [3.8, 4) is 0 Å². The SMILES string of the molecule is CC/C=C\c1c(CCN(CC)c2nc(Nc3ccc(C)cc3)cc(N3CCCCC3)n2)c[nH]c1C. The van der Waals surface area contributed by atoms with Gasteiger partial charge in [-0.3, -0.25) is 0 Å². The minimum atomic E-state index is 0.795. The molecule has 0 spiro atoms. The lowest BCUT2D eigenvalue weighted by Gasteiger charge is -2.29. The van der Waals surface area contributed by atoms with E-state index >= 15 is 0 Å². The van der Waals surface area contributed by atoms with E-state index in [9.17, 15) is 0 Å². The number of aryl methyl sites for hydroxylation is 2. The number of likely N-dealkylation sites (N-methyl/N-ethyl adjacent to an activating group) is 1. The van der Waals surface area contributed by atoms with Gasteiger partial charge < -0.3 is 20.1 Å². The van der Waals surface area contributed by atoms with Crippen molar-refractivity contribution < 1.29 is 0 Å². The molecule has 1 aromatic carbocycles. The highest BCUT2D eigenvalue weighted by Crippen LogP contribution is 2.26. The van der Waals surface area contributed by atoms with E-state index in [1.54, 1.807) is 0 Å². The number of hydrogen-bond donors (Lipinski definition) is 2. The fraction of sp³-hybridized carbons (Fsp3) is 0.448. The van der Waals surface area contributed by atoms with Gasteiger partial charge in [0.05, 0.1) is 0 Å². The second-order valence-electron chi connectivity index (χ2n) is 9.44. The van der Waals surface area contributed by atoms with Crippen molar-refractivity contribution >= 4 is 29.3 Å². The molecule has 6 nitrogen and oxygen atoms in total. The molecular weight excluding hydrogens is 432 g/mol. The van der Waals surface area contributed by atoms with Gasteiger partial charge in [-0.2, -0.15) is 9.97 Å². The van der Waals surface area contributed by atoms with Crippen LogP contribution < -0.4 is 15.1 Å². The third-order valence-electron chi connectivity index (χ3n) is 6.75. The molecule has 1 aliphatic rings. The molecule has 4 rings (SSSR count). The van der Waals surface area contributed by atoms with Crippen LogP contribution in [0.15, 0.2) is 42.6 Å². The summed E-state index contributed by atoms with van der Waals surface area (Å²) in [7, 11) is 0. The average Bonchev–Trinajstić information content (AvgIpc) is 3.24. The van der Waals surface area contributed by atoms with Crippen LogP contribution in [-0.4, -0.2) is 41.1 Å². The van der Waals surface area contributed by atoms with E-state index in [-0.39, 0.29) is 0 Å². The monoisotopic (exact) mass is 472 g/mol. The molecule has 2 aromatic heterocycles. The molecule has 1 saturated heterocycles. The van der Waals surface area contributed by atoms with Crippen LogP contribution in [0.25, 0.3) is 6.08 Å². The van der Waals surface area contributed by atoms with Crippen LogP contribution in [0, 0.1) is 13.8 Å². The van der Waals surface area contributed by atoms with Crippen molar-refractivity contribution in [1.29, 1.82) is 0 Å². The molecule has 0 bridgehead atoms. The topological polar surface area (TPSA) is 60.1 Å². The Morgan fingerprint density at radius 1 is 1.06 bits per heavy atom. The van der Waals surface area contributed by atoms with E-state index in [1.807, 2.05) is 0 Å². The standard InChI is InChI=1S/C29H40N6/c1-5-7-11-26-23(4)30-21-24(26)16-19-34(6-2)29-32-27(31-25-14-12-22(3)13-15-25)20-28(33-29)35-17-9-8-10-18-35/h7,11-15,20-21,30H,5-6,8-10,16-19H2,1-4H3,(H,31,32,33)/b11-7-. The number of anilines is 4. The second kappa shape index (κ2) is 11.9. The second-order valence-corrected chi connectivity index (χ2v) is 9.44. The number of H-pyrrole nitrogens is 1. The van der Waals surface area contributed by atoms with Crippen molar-refractivity contribution in [2.75, 3.05) is 41.3 Å². The zero-order chi connectivity index (χ0) is 24.6. The molecule has 2 N–H and O–H groups in total. The lowest BCUT2D eigenvalue weighted by Crippen LogP contribution is -2.32. The van der Waals surface area contributed by atoms with Gasteiger partial charge in [0.15, 0.2) is 0 Å². The van der Waals surface area contributed by atoms with Crippen LogP contribution in [0.2, 0.25) is 0 Å². The highest BCUT2D eigenvalue weighted by atomic mass is 15.3. The van der Waals surface area contributed by atoms with Crippen LogP contribution in [0.5, 0.6) is 0 Å². The van der Waals surface area contributed by atoms with Gasteiger partial charge in [-0.25, -0.2) is 0 Å². The summed E-state index contributed by atoms with van der Waals surface area (Å²) >= 11 is 0. The van der Waals surface area contributed by atoms with Gasteiger partial charge in [0.2, 0.25) is 5.95 Å². The summed E-state index contributed by atoms with van der Waals surface area (Å²) in [6, 6.07) is 10.6. The third-order valence-corrected chi connectivity index (χ3v) is 6.75. The summed E-state index contributed by atoms with van der Waals surface area (Å²) < 4.78 is 0. The Bertz CT molecular complexity index is 1110. The van der Waals surface area contributed by atoms with Gasteiger partial charge in [0.1, 0.15) is 11.6 Å². The quantitative estimate of drug-likeness (QED) is 0.346. The molecule has 0 unspecified atom stereocenters. The summed E-state index contributed by atoms with van der Waals surface area (Å²) in [6.45, 7) is 12.5. The fourth-order valence-electron chi connectivity index (χ4n) is 4.62. The summed E-state index contributed by atoms with van der Waals surface area (Å²) in [5, 5.41) is 3.52. The molecule has 35 heavy (non-hydrogen) atoms. The zero-order valence-electron chi connectivity index (χ0n) is 21.8. The minimum absolute atomic E-state index is 0.795. The predicted octanol–water partition coefficient (Wildman–Crippen LogP) is 6.65. The van der Waals surface area contributed by atoms with E-state index in [0.717, 1.165) is 62.3 Å². The fourth-order valence-corrected chi connectivity index (χ4v) is 4.62. The summed E-state index contributed by atoms with van der Waals surface area (Å²) in [5.41, 5.74) is 6.17. The molecule has 1 fully saturated rings. The molecule has 0 aliphatic carbocycles. The largest absolute Gasteiger partial charge is 0.364 e. The van der Waals surface area contributed by atoms with E-state index in [2.05, 4.69) is 96.5 Å². The van der Waals surface area contributed by atoms with Gasteiger partial charge in [0, 0.05) is 49.8 Å². The summed E-state index contributed by atoms with van der Waals surface area (Å²) in [4.78, 5) is 18.1. The van der Waals surface area contributed by atoms with Gasteiger partial charge in [-0.1, -0.05) is 36.8 Å². The molecule has 0 amide bonds. The molecule has 186 valence electrons. The van der Waals surface area contributed by atoms with Crippen LogP contribution in [0.3, 0.4) is 0 Å². The molecule has 0 radical (unpaired) electrons. The number of hydrogen-bond acceptors (Lipinski definition) is 5. The van der Waals surface area contributed by atoms with Crippen molar-refractivity contribution in [3.63, 3.8) is 0 Å². The number of aromatic nitrogens is 3. The molecule has 6 heteroatoms. The first kappa shape index (κ1) is 24.8. The first-order valence-corrected chi connectivity index (χ1v) is 13.1. The minimum Gasteiger partial charge on any atom is -0.364 e. The molecular formula is C29H40N6. The number of aromatic amines is 1. The number of rotatable bonds is 10. The number of nitrogens with one attached hydrogen (secondary N) is 2. The Morgan fingerprint density at radius 3 is 2.54 bits per heavy atom. The normalized spacial score (nSPS) is 14.0. The van der Waals surface area contributed by atoms with Crippen LogP contribution in [0.4, 0.5) is 23.3 Å². The summed E-state index contributed by atoms with van der Waals surface area (Å²) in [5.74, 6) is 2.66. The highest BCUT2D eigenvalue weighted by molar-refractivity contribution is 5.62. The van der Waals surface area contributed by atoms with Crippen LogP contribution in [0.1, 0.15) is 61.9 Å². The number of nitrogens with zero attached hydrogens (tertiary/aromatic N) is 4. The molecule has 1 aliphatic heterocycles. The number of piperidine rings is 1. The maximum Gasteiger partial charge on any atom is 0.229 e. The smallest absolute Gasteiger partial charge is 0.229 e.